The molecule has 0 aliphatic carbocycles. The number of anilines is 1. The molecule has 9 heteroatoms. The highest BCUT2D eigenvalue weighted by molar-refractivity contribution is 8.18. The Bertz CT molecular complexity index is 859. The molecule has 0 spiro atoms. The van der Waals surface area contributed by atoms with Crippen LogP contribution in [0.1, 0.15) is 58.8 Å². The van der Waals surface area contributed by atoms with Gasteiger partial charge in [-0.1, -0.05) is 19.8 Å². The summed E-state index contributed by atoms with van der Waals surface area (Å²) in [7, 11) is 0. The molecule has 2 aliphatic heterocycles. The lowest BCUT2D eigenvalue weighted by Gasteiger charge is -2.25. The number of fused-ring (bicyclic) bond motifs is 1. The van der Waals surface area contributed by atoms with Crippen LogP contribution in [0, 0.1) is 0 Å². The SMILES string of the molecule is CCCC1=C(C(=O)Nc2ccc(SCCCCCC(=O)OCC)cc2)SC2=NCCCN21.Cl. The highest BCUT2D eigenvalue weighted by Gasteiger charge is 2.33. The molecule has 2 aliphatic rings. The van der Waals surface area contributed by atoms with Crippen LogP contribution in [-0.4, -0.2) is 47.4 Å². The molecule has 1 N–H and O–H groups in total. The molecule has 0 fully saturated rings. The number of aliphatic imine (C=N–C) groups is 1. The van der Waals surface area contributed by atoms with Gasteiger partial charge in [-0.2, -0.15) is 0 Å². The highest BCUT2D eigenvalue weighted by atomic mass is 35.5. The fourth-order valence-corrected chi connectivity index (χ4v) is 5.69. The van der Waals surface area contributed by atoms with E-state index in [1.54, 1.807) is 11.8 Å². The van der Waals surface area contributed by atoms with Gasteiger partial charge in [0.1, 0.15) is 0 Å². The minimum Gasteiger partial charge on any atom is -0.466 e. The quantitative estimate of drug-likeness (QED) is 0.208. The van der Waals surface area contributed by atoms with Crippen molar-refractivity contribution in [2.45, 2.75) is 63.7 Å². The zero-order valence-electron chi connectivity index (χ0n) is 19.4. The Morgan fingerprint density at radius 2 is 1.97 bits per heavy atom. The van der Waals surface area contributed by atoms with Crippen LogP contribution in [0.25, 0.3) is 0 Å². The van der Waals surface area contributed by atoms with Gasteiger partial charge in [0, 0.05) is 35.8 Å². The first-order valence-corrected chi connectivity index (χ1v) is 13.4. The van der Waals surface area contributed by atoms with Crippen LogP contribution in [0.15, 0.2) is 44.8 Å². The molecular weight excluding hydrogens is 478 g/mol. The van der Waals surface area contributed by atoms with Crippen LogP contribution in [0.4, 0.5) is 5.69 Å². The maximum absolute atomic E-state index is 13.0. The van der Waals surface area contributed by atoms with Gasteiger partial charge < -0.3 is 15.0 Å². The molecule has 3 rings (SSSR count). The largest absolute Gasteiger partial charge is 0.466 e. The van der Waals surface area contributed by atoms with Gasteiger partial charge in [-0.3, -0.25) is 14.6 Å². The summed E-state index contributed by atoms with van der Waals surface area (Å²) in [6.07, 6.45) is 6.41. The minimum atomic E-state index is -0.102. The van der Waals surface area contributed by atoms with E-state index in [1.165, 1.54) is 16.7 Å². The van der Waals surface area contributed by atoms with Gasteiger partial charge in [0.05, 0.1) is 11.5 Å². The van der Waals surface area contributed by atoms with Crippen LogP contribution in [0.3, 0.4) is 0 Å². The van der Waals surface area contributed by atoms with Crippen molar-refractivity contribution in [2.75, 3.05) is 30.8 Å². The van der Waals surface area contributed by atoms with Gasteiger partial charge in [-0.25, -0.2) is 0 Å². The second-order valence-electron chi connectivity index (χ2n) is 7.74. The number of hydrogen-bond donors (Lipinski definition) is 1. The molecule has 1 amide bonds. The third kappa shape index (κ3) is 8.26. The van der Waals surface area contributed by atoms with E-state index < -0.39 is 0 Å². The van der Waals surface area contributed by atoms with E-state index in [9.17, 15) is 9.59 Å². The van der Waals surface area contributed by atoms with E-state index in [1.807, 2.05) is 19.1 Å². The van der Waals surface area contributed by atoms with E-state index in [-0.39, 0.29) is 24.3 Å². The van der Waals surface area contributed by atoms with Crippen molar-refractivity contribution in [2.24, 2.45) is 4.99 Å². The lowest BCUT2D eigenvalue weighted by molar-refractivity contribution is -0.143. The maximum atomic E-state index is 13.0. The number of amidine groups is 1. The van der Waals surface area contributed by atoms with Gasteiger partial charge >= 0.3 is 5.97 Å². The number of ether oxygens (including phenoxy) is 1. The molecular formula is C24H34ClN3O3S2. The van der Waals surface area contributed by atoms with Crippen LogP contribution >= 0.6 is 35.9 Å². The topological polar surface area (TPSA) is 71.0 Å². The number of nitrogens with zero attached hydrogens (tertiary/aromatic N) is 2. The molecule has 2 heterocycles. The average molecular weight is 512 g/mol. The number of carbonyl (C=O) groups is 2. The lowest BCUT2D eigenvalue weighted by Crippen LogP contribution is -2.29. The second-order valence-corrected chi connectivity index (χ2v) is 9.89. The minimum absolute atomic E-state index is 0. The Hall–Kier alpha value is -1.64. The van der Waals surface area contributed by atoms with Crippen LogP contribution in [0.5, 0.6) is 0 Å². The Kier molecular flexibility index (Phi) is 12.2. The number of benzene rings is 1. The first-order chi connectivity index (χ1) is 15.6. The van der Waals surface area contributed by atoms with Crippen LogP contribution < -0.4 is 5.32 Å². The van der Waals surface area contributed by atoms with E-state index >= 15 is 0 Å². The molecule has 0 unspecified atom stereocenters. The zero-order valence-corrected chi connectivity index (χ0v) is 21.9. The van der Waals surface area contributed by atoms with Crippen molar-refractivity contribution in [3.8, 4) is 0 Å². The fraction of sp³-hybridized carbons (Fsp3) is 0.542. The molecule has 0 saturated carbocycles. The summed E-state index contributed by atoms with van der Waals surface area (Å²) in [6, 6.07) is 8.03. The number of halogens is 1. The molecule has 0 bridgehead atoms. The smallest absolute Gasteiger partial charge is 0.305 e. The van der Waals surface area contributed by atoms with Crippen molar-refractivity contribution < 1.29 is 14.3 Å². The monoisotopic (exact) mass is 511 g/mol. The molecule has 0 aromatic heterocycles. The normalized spacial score (nSPS) is 15.0. The van der Waals surface area contributed by atoms with Gasteiger partial charge in [0.15, 0.2) is 5.17 Å². The Labute approximate surface area is 211 Å². The van der Waals surface area contributed by atoms with Crippen LogP contribution in [-0.2, 0) is 14.3 Å². The molecule has 0 saturated heterocycles. The van der Waals surface area contributed by atoms with E-state index in [0.717, 1.165) is 78.8 Å². The molecule has 0 radical (unpaired) electrons. The number of carbonyl (C=O) groups excluding carboxylic acids is 2. The van der Waals surface area contributed by atoms with E-state index in [2.05, 4.69) is 34.3 Å². The predicted molar refractivity (Wildman–Crippen MR) is 141 cm³/mol. The molecule has 0 atom stereocenters. The molecule has 1 aromatic carbocycles. The van der Waals surface area contributed by atoms with Gasteiger partial charge in [0.25, 0.3) is 5.91 Å². The number of hydrogen-bond acceptors (Lipinski definition) is 7. The molecule has 182 valence electrons. The number of esters is 1. The third-order valence-electron chi connectivity index (χ3n) is 5.20. The van der Waals surface area contributed by atoms with E-state index in [4.69, 9.17) is 4.74 Å². The molecule has 33 heavy (non-hydrogen) atoms. The van der Waals surface area contributed by atoms with Crippen LogP contribution in [0.2, 0.25) is 0 Å². The first kappa shape index (κ1) is 27.6. The Balaban J connectivity index is 0.00000385. The summed E-state index contributed by atoms with van der Waals surface area (Å²) in [5, 5.41) is 4.03. The number of thioether (sulfide) groups is 2. The maximum Gasteiger partial charge on any atom is 0.305 e. The first-order valence-electron chi connectivity index (χ1n) is 11.5. The third-order valence-corrected chi connectivity index (χ3v) is 7.46. The van der Waals surface area contributed by atoms with Crippen molar-refractivity contribution in [3.63, 3.8) is 0 Å². The van der Waals surface area contributed by atoms with Crippen molar-refractivity contribution in [3.05, 3.63) is 34.9 Å². The van der Waals surface area contributed by atoms with Gasteiger partial charge in [-0.05, 0) is 74.4 Å². The number of rotatable bonds is 12. The van der Waals surface area contributed by atoms with E-state index in [0.29, 0.717) is 13.0 Å². The Morgan fingerprint density at radius 1 is 1.18 bits per heavy atom. The highest BCUT2D eigenvalue weighted by Crippen LogP contribution is 2.38. The number of allylic oxidation sites excluding steroid dienone is 1. The summed E-state index contributed by atoms with van der Waals surface area (Å²) >= 11 is 3.30. The summed E-state index contributed by atoms with van der Waals surface area (Å²) < 4.78 is 4.95. The standard InChI is InChI=1S/C24H33N3O3S2.ClH/c1-3-9-20-22(32-24-25-15-8-16-27(20)24)23(29)26-18-11-13-19(14-12-18)31-17-7-5-6-10-21(28)30-4-2;/h11-14H,3-10,15-17H2,1-2H3,(H,26,29);1H. The number of nitrogens with one attached hydrogen (secondary N) is 1. The summed E-state index contributed by atoms with van der Waals surface area (Å²) in [6.45, 7) is 6.22. The van der Waals surface area contributed by atoms with Crippen molar-refractivity contribution >= 4 is 58.7 Å². The Morgan fingerprint density at radius 3 is 2.70 bits per heavy atom. The zero-order chi connectivity index (χ0) is 22.8. The predicted octanol–water partition coefficient (Wildman–Crippen LogP) is 6.08. The second kappa shape index (κ2) is 14.6. The fourth-order valence-electron chi connectivity index (χ4n) is 3.65. The van der Waals surface area contributed by atoms with Gasteiger partial charge in [0.2, 0.25) is 0 Å². The number of unbranched alkanes of at least 4 members (excludes halogenated alkanes) is 2. The van der Waals surface area contributed by atoms with Crippen molar-refractivity contribution in [1.82, 2.24) is 4.90 Å². The summed E-state index contributed by atoms with van der Waals surface area (Å²) in [5.41, 5.74) is 1.92. The lowest BCUT2D eigenvalue weighted by atomic mass is 10.2. The summed E-state index contributed by atoms with van der Waals surface area (Å²) in [4.78, 5) is 33.1. The summed E-state index contributed by atoms with van der Waals surface area (Å²) in [5.74, 6) is 0.865. The molecule has 1 aromatic rings. The van der Waals surface area contributed by atoms with Gasteiger partial charge in [-0.15, -0.1) is 24.2 Å². The average Bonchev–Trinajstić information content (AvgIpc) is 3.16. The van der Waals surface area contributed by atoms with Crippen molar-refractivity contribution in [1.29, 1.82) is 0 Å². The molecule has 6 nitrogen and oxygen atoms in total. The number of amides is 1.